The first kappa shape index (κ1) is 16.0. The molecule has 3 nitrogen and oxygen atoms in total. The van der Waals surface area contributed by atoms with E-state index >= 15 is 0 Å². The van der Waals surface area contributed by atoms with Gasteiger partial charge in [-0.2, -0.15) is 0 Å². The maximum atomic E-state index is 6.14. The first-order valence-electron chi connectivity index (χ1n) is 7.45. The molecule has 0 aliphatic carbocycles. The lowest BCUT2D eigenvalue weighted by Gasteiger charge is -2.21. The van der Waals surface area contributed by atoms with Crippen LogP contribution in [-0.2, 0) is 9.47 Å². The summed E-state index contributed by atoms with van der Waals surface area (Å²) in [5, 5.41) is 3.46. The Morgan fingerprint density at radius 3 is 2.85 bits per heavy atom. The summed E-state index contributed by atoms with van der Waals surface area (Å²) in [7, 11) is 0. The van der Waals surface area contributed by atoms with Crippen molar-refractivity contribution in [2.75, 3.05) is 32.9 Å². The molecule has 4 heteroatoms. The van der Waals surface area contributed by atoms with Gasteiger partial charge in [0.15, 0.2) is 0 Å². The van der Waals surface area contributed by atoms with E-state index in [1.54, 1.807) is 0 Å². The number of ether oxygens (including phenoxy) is 2. The van der Waals surface area contributed by atoms with E-state index in [0.29, 0.717) is 5.92 Å². The zero-order valence-corrected chi connectivity index (χ0v) is 13.7. The zero-order valence-electron chi connectivity index (χ0n) is 12.1. The van der Waals surface area contributed by atoms with Gasteiger partial charge in [0.05, 0.1) is 19.3 Å². The molecular weight excluding hydrogens is 318 g/mol. The highest BCUT2D eigenvalue weighted by atomic mass is 79.9. The van der Waals surface area contributed by atoms with Gasteiger partial charge in [0.1, 0.15) is 0 Å². The molecule has 0 aromatic heterocycles. The van der Waals surface area contributed by atoms with Gasteiger partial charge in [-0.1, -0.05) is 35.0 Å². The SMILES string of the molecule is CCCNCC(OCC1CCOC1)c1ccc(Br)cc1. The molecule has 2 atom stereocenters. The Morgan fingerprint density at radius 1 is 1.40 bits per heavy atom. The second kappa shape index (κ2) is 8.78. The molecular formula is C16H24BrNO2. The van der Waals surface area contributed by atoms with E-state index in [0.717, 1.165) is 50.2 Å². The fraction of sp³-hybridized carbons (Fsp3) is 0.625. The van der Waals surface area contributed by atoms with Gasteiger partial charge in [0.25, 0.3) is 0 Å². The predicted molar refractivity (Wildman–Crippen MR) is 84.9 cm³/mol. The first-order valence-corrected chi connectivity index (χ1v) is 8.24. The second-order valence-corrected chi connectivity index (χ2v) is 6.22. The van der Waals surface area contributed by atoms with Crippen LogP contribution in [-0.4, -0.2) is 32.9 Å². The van der Waals surface area contributed by atoms with Gasteiger partial charge in [-0.3, -0.25) is 0 Å². The zero-order chi connectivity index (χ0) is 14.2. The summed E-state index contributed by atoms with van der Waals surface area (Å²) in [6.07, 6.45) is 2.38. The van der Waals surface area contributed by atoms with Crippen LogP contribution in [0, 0.1) is 5.92 Å². The van der Waals surface area contributed by atoms with Crippen LogP contribution in [0.15, 0.2) is 28.7 Å². The molecule has 2 rings (SSSR count). The molecule has 1 aromatic carbocycles. The lowest BCUT2D eigenvalue weighted by atomic mass is 10.1. The fourth-order valence-electron chi connectivity index (χ4n) is 2.33. The normalized spacial score (nSPS) is 20.2. The van der Waals surface area contributed by atoms with Crippen molar-refractivity contribution in [3.8, 4) is 0 Å². The van der Waals surface area contributed by atoms with E-state index in [2.05, 4.69) is 52.4 Å². The van der Waals surface area contributed by atoms with Gasteiger partial charge in [-0.05, 0) is 37.1 Å². The number of benzene rings is 1. The molecule has 112 valence electrons. The Bertz CT molecular complexity index is 377. The number of hydrogen-bond donors (Lipinski definition) is 1. The topological polar surface area (TPSA) is 30.5 Å². The van der Waals surface area contributed by atoms with Crippen LogP contribution in [0.3, 0.4) is 0 Å². The third-order valence-electron chi connectivity index (χ3n) is 3.56. The molecule has 0 saturated carbocycles. The Labute approximate surface area is 130 Å². The largest absolute Gasteiger partial charge is 0.381 e. The molecule has 0 amide bonds. The molecule has 0 radical (unpaired) electrons. The van der Waals surface area contributed by atoms with Crippen LogP contribution >= 0.6 is 15.9 Å². The average Bonchev–Trinajstić information content (AvgIpc) is 2.97. The van der Waals surface area contributed by atoms with Crippen LogP contribution < -0.4 is 5.32 Å². The quantitative estimate of drug-likeness (QED) is 0.733. The molecule has 1 aliphatic rings. The summed E-state index contributed by atoms with van der Waals surface area (Å²) in [6.45, 7) is 6.58. The summed E-state index contributed by atoms with van der Waals surface area (Å²) >= 11 is 3.48. The average molecular weight is 342 g/mol. The summed E-state index contributed by atoms with van der Waals surface area (Å²) in [4.78, 5) is 0. The Hall–Kier alpha value is -0.420. The van der Waals surface area contributed by atoms with E-state index in [9.17, 15) is 0 Å². The van der Waals surface area contributed by atoms with E-state index in [-0.39, 0.29) is 6.10 Å². The molecule has 0 bridgehead atoms. The maximum absolute atomic E-state index is 6.14. The van der Waals surface area contributed by atoms with E-state index < -0.39 is 0 Å². The summed E-state index contributed by atoms with van der Waals surface area (Å²) < 4.78 is 12.7. The molecule has 2 unspecified atom stereocenters. The van der Waals surface area contributed by atoms with Gasteiger partial charge in [0.2, 0.25) is 0 Å². The molecule has 0 spiro atoms. The van der Waals surface area contributed by atoms with E-state index in [1.807, 2.05) is 0 Å². The minimum absolute atomic E-state index is 0.121. The van der Waals surface area contributed by atoms with Crippen molar-refractivity contribution in [3.05, 3.63) is 34.3 Å². The van der Waals surface area contributed by atoms with Crippen molar-refractivity contribution >= 4 is 15.9 Å². The highest BCUT2D eigenvalue weighted by molar-refractivity contribution is 9.10. The maximum Gasteiger partial charge on any atom is 0.0949 e. The predicted octanol–water partition coefficient (Wildman–Crippen LogP) is 3.54. The smallest absolute Gasteiger partial charge is 0.0949 e. The molecule has 1 aromatic rings. The number of hydrogen-bond acceptors (Lipinski definition) is 3. The van der Waals surface area contributed by atoms with Crippen LogP contribution in [0.5, 0.6) is 0 Å². The van der Waals surface area contributed by atoms with E-state index in [4.69, 9.17) is 9.47 Å². The molecule has 1 saturated heterocycles. The first-order chi connectivity index (χ1) is 9.79. The molecule has 1 N–H and O–H groups in total. The summed E-state index contributed by atoms with van der Waals surface area (Å²) in [6, 6.07) is 8.41. The van der Waals surface area contributed by atoms with Gasteiger partial charge in [-0.25, -0.2) is 0 Å². The van der Waals surface area contributed by atoms with Crippen LogP contribution in [0.25, 0.3) is 0 Å². The Balaban J connectivity index is 1.90. The van der Waals surface area contributed by atoms with Crippen molar-refractivity contribution in [2.45, 2.75) is 25.9 Å². The molecule has 1 fully saturated rings. The highest BCUT2D eigenvalue weighted by Crippen LogP contribution is 2.22. The van der Waals surface area contributed by atoms with Crippen LogP contribution in [0.2, 0.25) is 0 Å². The number of rotatable bonds is 8. The highest BCUT2D eigenvalue weighted by Gasteiger charge is 2.19. The second-order valence-electron chi connectivity index (χ2n) is 5.31. The third-order valence-corrected chi connectivity index (χ3v) is 4.08. The minimum atomic E-state index is 0.121. The van der Waals surface area contributed by atoms with Crippen molar-refractivity contribution < 1.29 is 9.47 Å². The van der Waals surface area contributed by atoms with Gasteiger partial charge >= 0.3 is 0 Å². The monoisotopic (exact) mass is 341 g/mol. The van der Waals surface area contributed by atoms with Crippen molar-refractivity contribution in [1.82, 2.24) is 5.32 Å². The van der Waals surface area contributed by atoms with Gasteiger partial charge in [0, 0.05) is 23.5 Å². The van der Waals surface area contributed by atoms with Crippen LogP contribution in [0.1, 0.15) is 31.4 Å². The van der Waals surface area contributed by atoms with Crippen molar-refractivity contribution in [2.24, 2.45) is 5.92 Å². The Kier molecular flexibility index (Phi) is 7.00. The van der Waals surface area contributed by atoms with Gasteiger partial charge in [-0.15, -0.1) is 0 Å². The standard InChI is InChI=1S/C16H24BrNO2/c1-2-8-18-10-16(14-3-5-15(17)6-4-14)20-12-13-7-9-19-11-13/h3-6,13,16,18H,2,7-12H2,1H3. The third kappa shape index (κ3) is 5.17. The molecule has 1 heterocycles. The van der Waals surface area contributed by atoms with E-state index in [1.165, 1.54) is 5.56 Å². The van der Waals surface area contributed by atoms with Crippen LogP contribution in [0.4, 0.5) is 0 Å². The van der Waals surface area contributed by atoms with Crippen molar-refractivity contribution in [1.29, 1.82) is 0 Å². The molecule has 20 heavy (non-hydrogen) atoms. The summed E-state index contributed by atoms with van der Waals surface area (Å²) in [5.74, 6) is 0.555. The molecule has 1 aliphatic heterocycles. The minimum Gasteiger partial charge on any atom is -0.381 e. The Morgan fingerprint density at radius 2 is 2.20 bits per heavy atom. The number of halogens is 1. The fourth-order valence-corrected chi connectivity index (χ4v) is 2.59. The van der Waals surface area contributed by atoms with Crippen molar-refractivity contribution in [3.63, 3.8) is 0 Å². The van der Waals surface area contributed by atoms with Gasteiger partial charge < -0.3 is 14.8 Å². The lowest BCUT2D eigenvalue weighted by Crippen LogP contribution is -2.25. The summed E-state index contributed by atoms with van der Waals surface area (Å²) in [5.41, 5.74) is 1.23. The lowest BCUT2D eigenvalue weighted by molar-refractivity contribution is 0.0255. The number of nitrogens with one attached hydrogen (secondary N) is 1.